The second-order valence-electron chi connectivity index (χ2n) is 3.88. The van der Waals surface area contributed by atoms with Gasteiger partial charge in [-0.1, -0.05) is 13.8 Å². The van der Waals surface area contributed by atoms with Crippen molar-refractivity contribution in [3.05, 3.63) is 18.1 Å². The van der Waals surface area contributed by atoms with Gasteiger partial charge in [-0.25, -0.2) is 23.4 Å². The summed E-state index contributed by atoms with van der Waals surface area (Å²) in [5.41, 5.74) is 1.75. The van der Waals surface area contributed by atoms with E-state index >= 15 is 0 Å². The summed E-state index contributed by atoms with van der Waals surface area (Å²) in [6.07, 6.45) is 0.670. The van der Waals surface area contributed by atoms with Gasteiger partial charge in [0.15, 0.2) is 5.65 Å². The van der Waals surface area contributed by atoms with Gasteiger partial charge < -0.3 is 0 Å². The predicted molar refractivity (Wildman–Crippen MR) is 55.4 cm³/mol. The van der Waals surface area contributed by atoms with E-state index in [1.165, 1.54) is 10.9 Å². The van der Waals surface area contributed by atoms with Crippen molar-refractivity contribution in [2.45, 2.75) is 32.7 Å². The Labute approximate surface area is 91.3 Å². The Morgan fingerprint density at radius 2 is 2.06 bits per heavy atom. The number of nitrogens with zero attached hydrogens (tertiary/aromatic N) is 4. The zero-order chi connectivity index (χ0) is 11.7. The lowest BCUT2D eigenvalue weighted by atomic mass is 10.1. The van der Waals surface area contributed by atoms with Crippen molar-refractivity contribution >= 4 is 11.2 Å². The summed E-state index contributed by atoms with van der Waals surface area (Å²) in [5, 5.41) is 3.85. The van der Waals surface area contributed by atoms with Crippen LogP contribution in [-0.4, -0.2) is 26.2 Å². The monoisotopic (exact) mass is 226 g/mol. The molecule has 16 heavy (non-hydrogen) atoms. The van der Waals surface area contributed by atoms with E-state index in [-0.39, 0.29) is 5.92 Å². The standard InChI is InChI=1S/C10H12F2N4/c1-6(2)7-3-13-8-4-14-16(5-9(11)12)10(8)15-7/h3-4,6,9H,5H2,1-2H3. The number of halogens is 2. The zero-order valence-electron chi connectivity index (χ0n) is 9.06. The van der Waals surface area contributed by atoms with Crippen LogP contribution in [0.5, 0.6) is 0 Å². The molecule has 0 spiro atoms. The summed E-state index contributed by atoms with van der Waals surface area (Å²) < 4.78 is 25.7. The molecule has 2 rings (SSSR count). The van der Waals surface area contributed by atoms with Gasteiger partial charge >= 0.3 is 0 Å². The van der Waals surface area contributed by atoms with Crippen LogP contribution in [0.15, 0.2) is 12.4 Å². The second-order valence-corrected chi connectivity index (χ2v) is 3.88. The third kappa shape index (κ3) is 2.00. The summed E-state index contributed by atoms with van der Waals surface area (Å²) in [6, 6.07) is 0. The van der Waals surface area contributed by atoms with E-state index in [0.717, 1.165) is 5.69 Å². The fraction of sp³-hybridized carbons (Fsp3) is 0.500. The molecule has 0 unspecified atom stereocenters. The highest BCUT2D eigenvalue weighted by atomic mass is 19.3. The van der Waals surface area contributed by atoms with Gasteiger partial charge in [-0.3, -0.25) is 0 Å². The van der Waals surface area contributed by atoms with Crippen LogP contribution in [0.25, 0.3) is 11.2 Å². The van der Waals surface area contributed by atoms with Crippen LogP contribution in [0.3, 0.4) is 0 Å². The van der Waals surface area contributed by atoms with Gasteiger partial charge in [-0.05, 0) is 5.92 Å². The Morgan fingerprint density at radius 1 is 1.31 bits per heavy atom. The zero-order valence-corrected chi connectivity index (χ0v) is 9.06. The van der Waals surface area contributed by atoms with Crippen molar-refractivity contribution < 1.29 is 8.78 Å². The van der Waals surface area contributed by atoms with Gasteiger partial charge in [0, 0.05) is 6.20 Å². The Morgan fingerprint density at radius 3 is 2.69 bits per heavy atom. The smallest absolute Gasteiger partial charge is 0.249 e. The Balaban J connectivity index is 2.47. The first-order valence-corrected chi connectivity index (χ1v) is 5.04. The molecule has 0 fully saturated rings. The fourth-order valence-corrected chi connectivity index (χ4v) is 1.40. The number of alkyl halides is 2. The summed E-state index contributed by atoms with van der Waals surface area (Å²) in [5.74, 6) is 0.215. The first-order chi connectivity index (χ1) is 7.58. The fourth-order valence-electron chi connectivity index (χ4n) is 1.40. The maximum atomic E-state index is 12.3. The summed E-state index contributed by atoms with van der Waals surface area (Å²) in [6.45, 7) is 3.51. The number of rotatable bonds is 3. The van der Waals surface area contributed by atoms with Crippen LogP contribution in [-0.2, 0) is 6.54 Å². The van der Waals surface area contributed by atoms with Crippen molar-refractivity contribution in [1.82, 2.24) is 19.7 Å². The lowest BCUT2D eigenvalue weighted by molar-refractivity contribution is 0.123. The highest BCUT2D eigenvalue weighted by Crippen LogP contribution is 2.15. The second kappa shape index (κ2) is 4.11. The Kier molecular flexibility index (Phi) is 2.80. The molecule has 0 radical (unpaired) electrons. The van der Waals surface area contributed by atoms with Gasteiger partial charge in [0.25, 0.3) is 6.43 Å². The molecule has 2 heterocycles. The Hall–Kier alpha value is -1.59. The predicted octanol–water partition coefficient (Wildman–Crippen LogP) is 2.21. The minimum atomic E-state index is -2.44. The van der Waals surface area contributed by atoms with E-state index in [0.29, 0.717) is 11.2 Å². The number of aromatic nitrogens is 4. The molecule has 6 heteroatoms. The molecule has 0 N–H and O–H groups in total. The van der Waals surface area contributed by atoms with Crippen molar-refractivity contribution in [2.24, 2.45) is 0 Å². The minimum Gasteiger partial charge on any atom is -0.249 e. The molecule has 4 nitrogen and oxygen atoms in total. The number of fused-ring (bicyclic) bond motifs is 1. The molecular weight excluding hydrogens is 214 g/mol. The molecule has 2 aromatic rings. The molecule has 0 aliphatic carbocycles. The first kappa shape index (κ1) is 10.9. The average Bonchev–Trinajstić information content (AvgIpc) is 2.60. The van der Waals surface area contributed by atoms with Crippen molar-refractivity contribution in [1.29, 1.82) is 0 Å². The SMILES string of the molecule is CC(C)c1cnc2cnn(CC(F)F)c2n1. The first-order valence-electron chi connectivity index (χ1n) is 5.04. The molecule has 0 atom stereocenters. The summed E-state index contributed by atoms with van der Waals surface area (Å²) in [4.78, 5) is 8.43. The Bertz CT molecular complexity index is 493. The van der Waals surface area contributed by atoms with Crippen LogP contribution in [0, 0.1) is 0 Å². The van der Waals surface area contributed by atoms with Crippen molar-refractivity contribution in [3.8, 4) is 0 Å². The van der Waals surface area contributed by atoms with E-state index in [4.69, 9.17) is 0 Å². The number of hydrogen-bond donors (Lipinski definition) is 0. The normalized spacial score (nSPS) is 11.9. The van der Waals surface area contributed by atoms with Crippen LogP contribution < -0.4 is 0 Å². The molecular formula is C10H12F2N4. The molecule has 0 bridgehead atoms. The molecule has 0 aliphatic rings. The lowest BCUT2D eigenvalue weighted by Crippen LogP contribution is -2.09. The van der Waals surface area contributed by atoms with Gasteiger partial charge in [0.1, 0.15) is 12.1 Å². The van der Waals surface area contributed by atoms with Crippen LogP contribution in [0.2, 0.25) is 0 Å². The van der Waals surface area contributed by atoms with E-state index in [2.05, 4.69) is 15.1 Å². The molecule has 0 saturated carbocycles. The molecule has 2 aromatic heterocycles. The maximum Gasteiger partial charge on any atom is 0.258 e. The molecule has 0 saturated heterocycles. The van der Waals surface area contributed by atoms with E-state index in [9.17, 15) is 8.78 Å². The lowest BCUT2D eigenvalue weighted by Gasteiger charge is -2.05. The molecule has 0 aliphatic heterocycles. The maximum absolute atomic E-state index is 12.3. The average molecular weight is 226 g/mol. The van der Waals surface area contributed by atoms with E-state index in [1.54, 1.807) is 6.20 Å². The van der Waals surface area contributed by atoms with Gasteiger partial charge in [0.05, 0.1) is 11.9 Å². The molecule has 86 valence electrons. The molecule has 0 amide bonds. The highest BCUT2D eigenvalue weighted by molar-refractivity contribution is 5.69. The van der Waals surface area contributed by atoms with Crippen molar-refractivity contribution in [3.63, 3.8) is 0 Å². The van der Waals surface area contributed by atoms with Gasteiger partial charge in [-0.2, -0.15) is 5.10 Å². The molecule has 0 aromatic carbocycles. The highest BCUT2D eigenvalue weighted by Gasteiger charge is 2.12. The van der Waals surface area contributed by atoms with Crippen LogP contribution >= 0.6 is 0 Å². The minimum absolute atomic E-state index is 0.215. The summed E-state index contributed by atoms with van der Waals surface area (Å²) >= 11 is 0. The third-order valence-electron chi connectivity index (χ3n) is 2.27. The largest absolute Gasteiger partial charge is 0.258 e. The third-order valence-corrected chi connectivity index (χ3v) is 2.27. The number of hydrogen-bond acceptors (Lipinski definition) is 3. The summed E-state index contributed by atoms with van der Waals surface area (Å²) in [7, 11) is 0. The van der Waals surface area contributed by atoms with E-state index < -0.39 is 13.0 Å². The quantitative estimate of drug-likeness (QED) is 0.805. The topological polar surface area (TPSA) is 43.6 Å². The van der Waals surface area contributed by atoms with Gasteiger partial charge in [-0.15, -0.1) is 0 Å². The van der Waals surface area contributed by atoms with Crippen LogP contribution in [0.4, 0.5) is 8.78 Å². The van der Waals surface area contributed by atoms with E-state index in [1.807, 2.05) is 13.8 Å². The van der Waals surface area contributed by atoms with Gasteiger partial charge in [0.2, 0.25) is 0 Å². The van der Waals surface area contributed by atoms with Crippen molar-refractivity contribution in [2.75, 3.05) is 0 Å². The van der Waals surface area contributed by atoms with Crippen LogP contribution in [0.1, 0.15) is 25.5 Å².